The van der Waals surface area contributed by atoms with Gasteiger partial charge in [-0.2, -0.15) is 0 Å². The number of furan rings is 1. The lowest BCUT2D eigenvalue weighted by Crippen LogP contribution is -2.06. The number of nitrogens with zero attached hydrogens (tertiary/aromatic N) is 3. The molecular weight excluding hydrogens is 671 g/mol. The van der Waals surface area contributed by atoms with E-state index in [4.69, 9.17) is 19.4 Å². The SMILES string of the molecule is C1=CC(c2nc(-c3ccc4ccccc4c3)nc(-c3ccc(-c4cccc5oc6ccc(-c7cccc8ccccc78)cc6c45)c4c3C=CCC4)n2)=CCC1. The predicted octanol–water partition coefficient (Wildman–Crippen LogP) is 13.4. The lowest BCUT2D eigenvalue weighted by atomic mass is 9.85. The summed E-state index contributed by atoms with van der Waals surface area (Å²) >= 11 is 0. The third kappa shape index (κ3) is 5.41. The summed E-state index contributed by atoms with van der Waals surface area (Å²) in [6.45, 7) is 0. The van der Waals surface area contributed by atoms with Crippen molar-refractivity contribution in [1.82, 2.24) is 15.0 Å². The molecule has 4 nitrogen and oxygen atoms in total. The van der Waals surface area contributed by atoms with Gasteiger partial charge in [-0.05, 0) is 111 Å². The van der Waals surface area contributed by atoms with Crippen molar-refractivity contribution < 1.29 is 4.42 Å². The van der Waals surface area contributed by atoms with Crippen LogP contribution in [0.5, 0.6) is 0 Å². The number of aromatic nitrogens is 3. The maximum atomic E-state index is 6.53. The van der Waals surface area contributed by atoms with E-state index in [-0.39, 0.29) is 0 Å². The van der Waals surface area contributed by atoms with E-state index in [2.05, 4.69) is 164 Å². The Morgan fingerprint density at radius 3 is 2.15 bits per heavy atom. The van der Waals surface area contributed by atoms with Gasteiger partial charge < -0.3 is 4.42 Å². The molecule has 0 amide bonds. The molecule has 7 aromatic carbocycles. The molecule has 4 heteroatoms. The average molecular weight is 706 g/mol. The van der Waals surface area contributed by atoms with Crippen LogP contribution in [0.4, 0.5) is 0 Å². The van der Waals surface area contributed by atoms with E-state index in [1.165, 1.54) is 49.5 Å². The molecule has 0 radical (unpaired) electrons. The Morgan fingerprint density at radius 2 is 1.22 bits per heavy atom. The summed E-state index contributed by atoms with van der Waals surface area (Å²) in [6.07, 6.45) is 15.0. The summed E-state index contributed by atoms with van der Waals surface area (Å²) in [4.78, 5) is 15.5. The van der Waals surface area contributed by atoms with Crippen LogP contribution in [0, 0.1) is 0 Å². The third-order valence-corrected chi connectivity index (χ3v) is 11.2. The molecule has 2 aromatic heterocycles. The average Bonchev–Trinajstić information content (AvgIpc) is 3.64. The number of allylic oxidation sites excluding steroid dienone is 5. The van der Waals surface area contributed by atoms with Crippen LogP contribution >= 0.6 is 0 Å². The zero-order valence-corrected chi connectivity index (χ0v) is 30.2. The van der Waals surface area contributed by atoms with Crippen molar-refractivity contribution in [3.05, 3.63) is 175 Å². The van der Waals surface area contributed by atoms with E-state index < -0.39 is 0 Å². The van der Waals surface area contributed by atoms with Gasteiger partial charge in [0.25, 0.3) is 0 Å². The molecule has 260 valence electrons. The first kappa shape index (κ1) is 31.6. The topological polar surface area (TPSA) is 51.8 Å². The minimum atomic E-state index is 0.680. The first-order valence-electron chi connectivity index (χ1n) is 19.1. The highest BCUT2D eigenvalue weighted by atomic mass is 16.3. The largest absolute Gasteiger partial charge is 0.456 e. The molecule has 2 aliphatic carbocycles. The molecule has 9 aromatic rings. The van der Waals surface area contributed by atoms with Crippen LogP contribution in [-0.2, 0) is 6.42 Å². The molecule has 0 fully saturated rings. The number of benzene rings is 7. The number of fused-ring (bicyclic) bond motifs is 6. The quantitative estimate of drug-likeness (QED) is 0.179. The Kier molecular flexibility index (Phi) is 7.41. The Morgan fingerprint density at radius 1 is 0.455 bits per heavy atom. The van der Waals surface area contributed by atoms with Crippen molar-refractivity contribution in [2.24, 2.45) is 0 Å². The van der Waals surface area contributed by atoms with E-state index in [0.29, 0.717) is 17.5 Å². The summed E-state index contributed by atoms with van der Waals surface area (Å²) in [6, 6.07) is 47.6. The number of hydrogen-bond acceptors (Lipinski definition) is 4. The minimum Gasteiger partial charge on any atom is -0.456 e. The highest BCUT2D eigenvalue weighted by molar-refractivity contribution is 6.14. The van der Waals surface area contributed by atoms with Gasteiger partial charge in [-0.25, -0.2) is 15.0 Å². The van der Waals surface area contributed by atoms with Crippen molar-refractivity contribution in [3.63, 3.8) is 0 Å². The fourth-order valence-corrected chi connectivity index (χ4v) is 8.56. The van der Waals surface area contributed by atoms with Gasteiger partial charge in [0.15, 0.2) is 17.5 Å². The van der Waals surface area contributed by atoms with Gasteiger partial charge in [0, 0.05) is 27.5 Å². The predicted molar refractivity (Wildman–Crippen MR) is 228 cm³/mol. The molecule has 0 atom stereocenters. The van der Waals surface area contributed by atoms with Gasteiger partial charge in [0.05, 0.1) is 0 Å². The van der Waals surface area contributed by atoms with E-state index in [0.717, 1.165) is 69.7 Å². The Balaban J connectivity index is 1.09. The molecule has 11 rings (SSSR count). The van der Waals surface area contributed by atoms with Gasteiger partial charge in [-0.15, -0.1) is 0 Å². The lowest BCUT2D eigenvalue weighted by molar-refractivity contribution is 0.669. The molecule has 0 unspecified atom stereocenters. The molecule has 0 saturated heterocycles. The molecule has 2 heterocycles. The summed E-state index contributed by atoms with van der Waals surface area (Å²) in [5.41, 5.74) is 12.1. The van der Waals surface area contributed by atoms with Crippen LogP contribution in [0.1, 0.15) is 36.2 Å². The second-order valence-corrected chi connectivity index (χ2v) is 14.5. The van der Waals surface area contributed by atoms with Crippen LogP contribution in [0.2, 0.25) is 0 Å². The van der Waals surface area contributed by atoms with E-state index in [9.17, 15) is 0 Å². The maximum absolute atomic E-state index is 6.53. The molecule has 0 N–H and O–H groups in total. The maximum Gasteiger partial charge on any atom is 0.164 e. The third-order valence-electron chi connectivity index (χ3n) is 11.2. The molecule has 55 heavy (non-hydrogen) atoms. The summed E-state index contributed by atoms with van der Waals surface area (Å²) < 4.78 is 6.53. The standard InChI is InChI=1S/C51H35N3O/c1-2-14-34(15-3-1)49-52-50(37-25-24-32-12-4-5-16-35(32)30-37)54-51(53-49)44-28-27-42(40-19-8-9-20-41(40)44)43-22-11-23-47-48(43)45-31-36(26-29-46(45)55-47)39-21-10-17-33-13-6-7-18-38(33)39/h2,4-7,9-18,20-31H,1,3,8,19H2. The van der Waals surface area contributed by atoms with Crippen molar-refractivity contribution >= 4 is 55.1 Å². The Labute approximate surface area is 318 Å². The van der Waals surface area contributed by atoms with Crippen LogP contribution < -0.4 is 0 Å². The van der Waals surface area contributed by atoms with E-state index in [1.807, 2.05) is 0 Å². The fraction of sp³-hybridized carbons (Fsp3) is 0.0784. The van der Waals surface area contributed by atoms with Gasteiger partial charge in [-0.3, -0.25) is 0 Å². The van der Waals surface area contributed by atoms with Crippen LogP contribution in [0.15, 0.2) is 162 Å². The second-order valence-electron chi connectivity index (χ2n) is 14.5. The second kappa shape index (κ2) is 12.9. The summed E-state index contributed by atoms with van der Waals surface area (Å²) in [5, 5.41) is 7.10. The number of rotatable bonds is 5. The molecule has 0 bridgehead atoms. The highest BCUT2D eigenvalue weighted by Gasteiger charge is 2.23. The normalized spacial score (nSPS) is 13.9. The van der Waals surface area contributed by atoms with Gasteiger partial charge in [-0.1, -0.05) is 134 Å². The molecule has 2 aliphatic rings. The molecule has 0 spiro atoms. The van der Waals surface area contributed by atoms with Gasteiger partial charge >= 0.3 is 0 Å². The molecule has 0 aliphatic heterocycles. The number of hydrogen-bond donors (Lipinski definition) is 0. The van der Waals surface area contributed by atoms with Crippen LogP contribution in [0.3, 0.4) is 0 Å². The van der Waals surface area contributed by atoms with Crippen LogP contribution in [-0.4, -0.2) is 15.0 Å². The van der Waals surface area contributed by atoms with Crippen molar-refractivity contribution in [2.75, 3.05) is 0 Å². The first-order valence-corrected chi connectivity index (χ1v) is 19.1. The summed E-state index contributed by atoms with van der Waals surface area (Å²) in [7, 11) is 0. The van der Waals surface area contributed by atoms with Gasteiger partial charge in [0.1, 0.15) is 11.2 Å². The smallest absolute Gasteiger partial charge is 0.164 e. The summed E-state index contributed by atoms with van der Waals surface area (Å²) in [5.74, 6) is 2.08. The van der Waals surface area contributed by atoms with E-state index >= 15 is 0 Å². The highest BCUT2D eigenvalue weighted by Crippen LogP contribution is 2.43. The van der Waals surface area contributed by atoms with Crippen molar-refractivity contribution in [1.29, 1.82) is 0 Å². The minimum absolute atomic E-state index is 0.680. The zero-order valence-electron chi connectivity index (χ0n) is 30.2. The Bertz CT molecular complexity index is 3100. The Hall–Kier alpha value is -6.91. The van der Waals surface area contributed by atoms with Gasteiger partial charge in [0.2, 0.25) is 0 Å². The fourth-order valence-electron chi connectivity index (χ4n) is 8.56. The zero-order chi connectivity index (χ0) is 36.3. The van der Waals surface area contributed by atoms with E-state index in [1.54, 1.807) is 0 Å². The monoisotopic (exact) mass is 705 g/mol. The first-order chi connectivity index (χ1) is 27.2. The van der Waals surface area contributed by atoms with Crippen molar-refractivity contribution in [3.8, 4) is 45.0 Å². The molecule has 0 saturated carbocycles. The van der Waals surface area contributed by atoms with Crippen LogP contribution in [0.25, 0.3) is 100 Å². The lowest BCUT2D eigenvalue weighted by Gasteiger charge is -2.20. The van der Waals surface area contributed by atoms with Crippen molar-refractivity contribution in [2.45, 2.75) is 25.7 Å². The molecular formula is C51H35N3O.